The first kappa shape index (κ1) is 20.5. The molecule has 0 unspecified atom stereocenters. The van der Waals surface area contributed by atoms with E-state index in [0.29, 0.717) is 45.2 Å². The van der Waals surface area contributed by atoms with Crippen LogP contribution in [0.5, 0.6) is 17.2 Å². The molecule has 4 aromatic rings. The van der Waals surface area contributed by atoms with E-state index in [1.165, 1.54) is 32.7 Å². The second-order valence-electron chi connectivity index (χ2n) is 6.44. The molecule has 1 aromatic carbocycles. The molecule has 0 atom stereocenters. The molecule has 160 valence electrons. The normalized spacial score (nSPS) is 10.7. The summed E-state index contributed by atoms with van der Waals surface area (Å²) >= 11 is 1.39. The van der Waals surface area contributed by atoms with E-state index < -0.39 is 0 Å². The van der Waals surface area contributed by atoms with E-state index in [1.807, 2.05) is 18.4 Å². The van der Waals surface area contributed by atoms with Gasteiger partial charge in [0.1, 0.15) is 11.5 Å². The van der Waals surface area contributed by atoms with Gasteiger partial charge in [0.2, 0.25) is 10.9 Å². The molecule has 0 saturated carbocycles. The summed E-state index contributed by atoms with van der Waals surface area (Å²) < 4.78 is 23.0. The summed E-state index contributed by atoms with van der Waals surface area (Å²) in [5.41, 5.74) is 1.77. The zero-order valence-electron chi connectivity index (χ0n) is 17.3. The second kappa shape index (κ2) is 8.52. The number of benzene rings is 1. The van der Waals surface area contributed by atoms with E-state index in [4.69, 9.17) is 18.6 Å². The van der Waals surface area contributed by atoms with Crippen molar-refractivity contribution < 1.29 is 23.4 Å². The summed E-state index contributed by atoms with van der Waals surface area (Å²) in [5.74, 6) is 1.98. The summed E-state index contributed by atoms with van der Waals surface area (Å²) in [6.07, 6.45) is 1.59. The fraction of sp³-hybridized carbons (Fsp3) is 0.190. The zero-order valence-corrected chi connectivity index (χ0v) is 18.1. The predicted octanol–water partition coefficient (Wildman–Crippen LogP) is 4.18. The quantitative estimate of drug-likeness (QED) is 0.460. The number of carbonyl (C=O) groups is 1. The van der Waals surface area contributed by atoms with Crippen LogP contribution in [0.2, 0.25) is 0 Å². The standard InChI is InChI=1S/C21H20N4O5S/c1-12-8-18(25(24-12)21-22-14(11-31-21)15-6-5-7-30-15)23-20(26)13-9-16(27-2)19(29-4)17(10-13)28-3/h5-11H,1-4H3,(H,23,26). The fourth-order valence-electron chi connectivity index (χ4n) is 3.03. The molecular weight excluding hydrogens is 420 g/mol. The second-order valence-corrected chi connectivity index (χ2v) is 7.28. The number of furan rings is 1. The minimum Gasteiger partial charge on any atom is -0.493 e. The van der Waals surface area contributed by atoms with E-state index in [-0.39, 0.29) is 5.91 Å². The number of ether oxygens (including phenoxy) is 3. The van der Waals surface area contributed by atoms with Gasteiger partial charge in [-0.05, 0) is 31.2 Å². The van der Waals surface area contributed by atoms with Crippen LogP contribution >= 0.6 is 11.3 Å². The number of rotatable bonds is 7. The van der Waals surface area contributed by atoms with Crippen LogP contribution in [0.4, 0.5) is 5.82 Å². The van der Waals surface area contributed by atoms with E-state index in [9.17, 15) is 4.79 Å². The number of hydrogen-bond donors (Lipinski definition) is 1. The molecule has 10 heteroatoms. The lowest BCUT2D eigenvalue weighted by atomic mass is 10.1. The first-order chi connectivity index (χ1) is 15.0. The Hall–Kier alpha value is -3.79. The number of hydrogen-bond acceptors (Lipinski definition) is 8. The van der Waals surface area contributed by atoms with E-state index in [1.54, 1.807) is 35.2 Å². The number of aryl methyl sites for hydroxylation is 1. The van der Waals surface area contributed by atoms with Gasteiger partial charge in [0.05, 0.1) is 33.3 Å². The van der Waals surface area contributed by atoms with Crippen molar-refractivity contribution in [1.29, 1.82) is 0 Å². The van der Waals surface area contributed by atoms with Gasteiger partial charge in [-0.2, -0.15) is 9.78 Å². The van der Waals surface area contributed by atoms with Crippen LogP contribution in [0.1, 0.15) is 16.1 Å². The molecule has 1 amide bonds. The van der Waals surface area contributed by atoms with Crippen molar-refractivity contribution in [2.45, 2.75) is 6.92 Å². The molecule has 3 aromatic heterocycles. The number of aromatic nitrogens is 3. The van der Waals surface area contributed by atoms with Crippen molar-refractivity contribution in [2.24, 2.45) is 0 Å². The van der Waals surface area contributed by atoms with Gasteiger partial charge in [0.15, 0.2) is 17.3 Å². The van der Waals surface area contributed by atoms with Gasteiger partial charge >= 0.3 is 0 Å². The van der Waals surface area contributed by atoms with Gasteiger partial charge < -0.3 is 23.9 Å². The Balaban J connectivity index is 1.65. The Kier molecular flexibility index (Phi) is 5.63. The molecule has 4 rings (SSSR count). The Morgan fingerprint density at radius 3 is 2.48 bits per heavy atom. The van der Waals surface area contributed by atoms with Gasteiger partial charge in [-0.3, -0.25) is 4.79 Å². The maximum absolute atomic E-state index is 13.0. The van der Waals surface area contributed by atoms with Crippen molar-refractivity contribution in [2.75, 3.05) is 26.6 Å². The minimum absolute atomic E-state index is 0.343. The summed E-state index contributed by atoms with van der Waals surface area (Å²) in [4.78, 5) is 17.6. The van der Waals surface area contributed by atoms with Crippen molar-refractivity contribution in [3.63, 3.8) is 0 Å². The highest BCUT2D eigenvalue weighted by Crippen LogP contribution is 2.38. The first-order valence-corrected chi connectivity index (χ1v) is 10.1. The molecule has 0 aliphatic carbocycles. The lowest BCUT2D eigenvalue weighted by molar-refractivity contribution is 0.102. The van der Waals surface area contributed by atoms with Crippen molar-refractivity contribution in [3.8, 4) is 33.8 Å². The Bertz CT molecular complexity index is 1190. The first-order valence-electron chi connectivity index (χ1n) is 9.21. The Morgan fingerprint density at radius 1 is 1.13 bits per heavy atom. The number of nitrogens with zero attached hydrogens (tertiary/aromatic N) is 3. The molecule has 0 aliphatic heterocycles. The molecule has 0 saturated heterocycles. The lowest BCUT2D eigenvalue weighted by Gasteiger charge is -2.14. The number of thiazole rings is 1. The van der Waals surface area contributed by atoms with E-state index in [2.05, 4.69) is 15.4 Å². The predicted molar refractivity (Wildman–Crippen MR) is 116 cm³/mol. The third-order valence-corrected chi connectivity index (χ3v) is 5.26. The number of amides is 1. The van der Waals surface area contributed by atoms with Crippen LogP contribution in [0, 0.1) is 6.92 Å². The monoisotopic (exact) mass is 440 g/mol. The summed E-state index contributed by atoms with van der Waals surface area (Å²) in [5, 5.41) is 9.82. The molecule has 31 heavy (non-hydrogen) atoms. The average Bonchev–Trinajstić information content (AvgIpc) is 3.53. The summed E-state index contributed by atoms with van der Waals surface area (Å²) in [7, 11) is 4.50. The molecule has 0 spiro atoms. The van der Waals surface area contributed by atoms with Crippen molar-refractivity contribution >= 4 is 23.1 Å². The van der Waals surface area contributed by atoms with Gasteiger partial charge in [0, 0.05) is 17.0 Å². The van der Waals surface area contributed by atoms with Gasteiger partial charge in [-0.15, -0.1) is 11.3 Å². The number of anilines is 1. The van der Waals surface area contributed by atoms with E-state index in [0.717, 1.165) is 5.69 Å². The molecule has 1 N–H and O–H groups in total. The maximum atomic E-state index is 13.0. The molecule has 9 nitrogen and oxygen atoms in total. The fourth-order valence-corrected chi connectivity index (χ4v) is 3.81. The number of carbonyl (C=O) groups excluding carboxylic acids is 1. The Labute approximate surface area is 182 Å². The van der Waals surface area contributed by atoms with Crippen molar-refractivity contribution in [1.82, 2.24) is 14.8 Å². The van der Waals surface area contributed by atoms with Gasteiger partial charge in [0.25, 0.3) is 5.91 Å². The average molecular weight is 440 g/mol. The lowest BCUT2D eigenvalue weighted by Crippen LogP contribution is -2.15. The molecular formula is C21H20N4O5S. The number of nitrogens with one attached hydrogen (secondary N) is 1. The smallest absolute Gasteiger partial charge is 0.257 e. The largest absolute Gasteiger partial charge is 0.493 e. The van der Waals surface area contributed by atoms with Crippen LogP contribution in [0.15, 0.2) is 46.4 Å². The minimum atomic E-state index is -0.358. The highest BCUT2D eigenvalue weighted by Gasteiger charge is 2.20. The molecule has 3 heterocycles. The molecule has 0 fully saturated rings. The highest BCUT2D eigenvalue weighted by molar-refractivity contribution is 7.12. The van der Waals surface area contributed by atoms with Crippen LogP contribution in [0.25, 0.3) is 16.6 Å². The summed E-state index contributed by atoms with van der Waals surface area (Å²) in [6, 6.07) is 8.57. The maximum Gasteiger partial charge on any atom is 0.257 e. The van der Waals surface area contributed by atoms with Gasteiger partial charge in [-0.1, -0.05) is 0 Å². The van der Waals surface area contributed by atoms with Crippen molar-refractivity contribution in [3.05, 3.63) is 53.2 Å². The third kappa shape index (κ3) is 3.97. The summed E-state index contributed by atoms with van der Waals surface area (Å²) in [6.45, 7) is 1.84. The zero-order chi connectivity index (χ0) is 22.0. The Morgan fingerprint density at radius 2 is 1.87 bits per heavy atom. The highest BCUT2D eigenvalue weighted by atomic mass is 32.1. The SMILES string of the molecule is COc1cc(C(=O)Nc2cc(C)nn2-c2nc(-c3ccco3)cs2)cc(OC)c1OC. The number of methoxy groups -OCH3 is 3. The molecule has 0 aliphatic rings. The molecule has 0 radical (unpaired) electrons. The van der Waals surface area contributed by atoms with E-state index >= 15 is 0 Å². The third-order valence-electron chi connectivity index (χ3n) is 4.45. The van der Waals surface area contributed by atoms with Crippen LogP contribution < -0.4 is 19.5 Å². The van der Waals surface area contributed by atoms with Crippen LogP contribution in [-0.4, -0.2) is 42.0 Å². The van der Waals surface area contributed by atoms with Gasteiger partial charge in [-0.25, -0.2) is 4.98 Å². The van der Waals surface area contributed by atoms with Crippen LogP contribution in [0.3, 0.4) is 0 Å². The topological polar surface area (TPSA) is 101 Å². The molecule has 0 bridgehead atoms. The van der Waals surface area contributed by atoms with Crippen LogP contribution in [-0.2, 0) is 0 Å².